The van der Waals surface area contributed by atoms with Gasteiger partial charge in [0.25, 0.3) is 0 Å². The van der Waals surface area contributed by atoms with Gasteiger partial charge in [-0.3, -0.25) is 9.59 Å². The van der Waals surface area contributed by atoms with Gasteiger partial charge in [-0.2, -0.15) is 11.8 Å². The van der Waals surface area contributed by atoms with Crippen LogP contribution >= 0.6 is 11.8 Å². The van der Waals surface area contributed by atoms with Gasteiger partial charge in [0.05, 0.1) is 12.2 Å². The van der Waals surface area contributed by atoms with Gasteiger partial charge in [-0.05, 0) is 50.2 Å². The Morgan fingerprint density at radius 3 is 2.68 bits per heavy atom. The van der Waals surface area contributed by atoms with Gasteiger partial charge in [0.2, 0.25) is 5.91 Å². The smallest absolute Gasteiger partial charge is 0.303 e. The maximum atomic E-state index is 12.1. The molecule has 0 aromatic rings. The third-order valence-electron chi connectivity index (χ3n) is 4.24. The standard InChI is InChI=1S/C14H23NO3S/c1-11-4-2-3-7-15(11)12(16)9-19-10-14(5-6-14)8-13(17)18/h11H,2-10H2,1H3,(H,17,18). The van der Waals surface area contributed by atoms with Crippen LogP contribution in [0.15, 0.2) is 0 Å². The molecule has 1 saturated carbocycles. The lowest BCUT2D eigenvalue weighted by Crippen LogP contribution is -2.43. The van der Waals surface area contributed by atoms with E-state index in [0.717, 1.165) is 38.0 Å². The van der Waals surface area contributed by atoms with E-state index in [9.17, 15) is 9.59 Å². The predicted octanol–water partition coefficient (Wildman–Crippen LogP) is 2.38. The molecular formula is C14H23NO3S. The first-order chi connectivity index (χ1) is 9.02. The number of piperidine rings is 1. The molecule has 0 bridgehead atoms. The van der Waals surface area contributed by atoms with E-state index in [4.69, 9.17) is 5.11 Å². The Bertz CT molecular complexity index is 355. The summed E-state index contributed by atoms with van der Waals surface area (Å²) < 4.78 is 0. The molecule has 19 heavy (non-hydrogen) atoms. The summed E-state index contributed by atoms with van der Waals surface area (Å²) in [6.07, 6.45) is 5.71. The molecule has 0 aromatic carbocycles. The summed E-state index contributed by atoms with van der Waals surface area (Å²) in [6.45, 7) is 3.01. The number of carbonyl (C=O) groups excluding carboxylic acids is 1. The summed E-state index contributed by atoms with van der Waals surface area (Å²) in [5.74, 6) is 0.830. The fraction of sp³-hybridized carbons (Fsp3) is 0.857. The van der Waals surface area contributed by atoms with Crippen molar-refractivity contribution >= 4 is 23.6 Å². The zero-order valence-electron chi connectivity index (χ0n) is 11.6. The molecule has 2 aliphatic rings. The second-order valence-electron chi connectivity index (χ2n) is 6.00. The van der Waals surface area contributed by atoms with E-state index in [2.05, 4.69) is 6.92 Å². The lowest BCUT2D eigenvalue weighted by atomic mass is 10.0. The molecule has 1 saturated heterocycles. The maximum absolute atomic E-state index is 12.1. The van der Waals surface area contributed by atoms with Crippen LogP contribution in [0.1, 0.15) is 45.4 Å². The second kappa shape index (κ2) is 6.16. The molecule has 0 aromatic heterocycles. The molecule has 108 valence electrons. The van der Waals surface area contributed by atoms with Gasteiger partial charge >= 0.3 is 5.97 Å². The predicted molar refractivity (Wildman–Crippen MR) is 76.3 cm³/mol. The molecule has 1 aliphatic heterocycles. The van der Waals surface area contributed by atoms with E-state index in [-0.39, 0.29) is 17.7 Å². The molecule has 1 aliphatic carbocycles. The summed E-state index contributed by atoms with van der Waals surface area (Å²) >= 11 is 1.61. The van der Waals surface area contributed by atoms with Crippen molar-refractivity contribution < 1.29 is 14.7 Å². The van der Waals surface area contributed by atoms with Crippen LogP contribution < -0.4 is 0 Å². The number of carboxylic acids is 1. The Labute approximate surface area is 118 Å². The topological polar surface area (TPSA) is 57.6 Å². The van der Waals surface area contributed by atoms with Crippen LogP contribution in [-0.2, 0) is 9.59 Å². The summed E-state index contributed by atoms with van der Waals surface area (Å²) in [7, 11) is 0. The third kappa shape index (κ3) is 4.13. The van der Waals surface area contributed by atoms with Gasteiger partial charge in [0.1, 0.15) is 0 Å². The number of aliphatic carboxylic acids is 1. The Morgan fingerprint density at radius 2 is 2.11 bits per heavy atom. The van der Waals surface area contributed by atoms with Crippen molar-refractivity contribution in [3.8, 4) is 0 Å². The number of hydrogen-bond donors (Lipinski definition) is 1. The summed E-state index contributed by atoms with van der Waals surface area (Å²) in [4.78, 5) is 24.9. The number of carbonyl (C=O) groups is 2. The summed E-state index contributed by atoms with van der Waals surface area (Å²) in [5, 5.41) is 8.85. The molecule has 0 spiro atoms. The fourth-order valence-electron chi connectivity index (χ4n) is 2.78. The number of nitrogens with zero attached hydrogens (tertiary/aromatic N) is 1. The van der Waals surface area contributed by atoms with Gasteiger partial charge in [-0.15, -0.1) is 0 Å². The van der Waals surface area contributed by atoms with E-state index in [1.165, 1.54) is 6.42 Å². The molecular weight excluding hydrogens is 262 g/mol. The molecule has 1 unspecified atom stereocenters. The number of thioether (sulfide) groups is 1. The lowest BCUT2D eigenvalue weighted by Gasteiger charge is -2.33. The Kier molecular flexibility index (Phi) is 4.76. The van der Waals surface area contributed by atoms with Gasteiger partial charge in [0.15, 0.2) is 0 Å². The van der Waals surface area contributed by atoms with Crippen molar-refractivity contribution in [2.24, 2.45) is 5.41 Å². The first-order valence-corrected chi connectivity index (χ1v) is 8.27. The fourth-order valence-corrected chi connectivity index (χ4v) is 4.04. The van der Waals surface area contributed by atoms with Crippen molar-refractivity contribution in [1.82, 2.24) is 4.90 Å². The van der Waals surface area contributed by atoms with E-state index < -0.39 is 5.97 Å². The van der Waals surface area contributed by atoms with E-state index >= 15 is 0 Å². The van der Waals surface area contributed by atoms with Crippen molar-refractivity contribution in [3.05, 3.63) is 0 Å². The average Bonchev–Trinajstić information content (AvgIpc) is 3.08. The average molecular weight is 285 g/mol. The lowest BCUT2D eigenvalue weighted by molar-refractivity contribution is -0.138. The first-order valence-electron chi connectivity index (χ1n) is 7.11. The van der Waals surface area contributed by atoms with Gasteiger partial charge in [-0.25, -0.2) is 0 Å². The van der Waals surface area contributed by atoms with Crippen LogP contribution in [0, 0.1) is 5.41 Å². The summed E-state index contributed by atoms with van der Waals surface area (Å²) in [5.41, 5.74) is -0.00963. The highest BCUT2D eigenvalue weighted by atomic mass is 32.2. The summed E-state index contributed by atoms with van der Waals surface area (Å²) in [6, 6.07) is 0.371. The van der Waals surface area contributed by atoms with E-state index in [0.29, 0.717) is 11.8 Å². The zero-order valence-corrected chi connectivity index (χ0v) is 12.4. The van der Waals surface area contributed by atoms with E-state index in [1.807, 2.05) is 4.90 Å². The number of rotatable bonds is 6. The Balaban J connectivity index is 1.70. The minimum absolute atomic E-state index is 0.00963. The molecule has 4 nitrogen and oxygen atoms in total. The number of carboxylic acid groups (broad SMARTS) is 1. The molecule has 1 amide bonds. The number of likely N-dealkylation sites (tertiary alicyclic amines) is 1. The minimum Gasteiger partial charge on any atom is -0.481 e. The molecule has 1 atom stereocenters. The van der Waals surface area contributed by atoms with Crippen LogP contribution in [0.4, 0.5) is 0 Å². The quantitative estimate of drug-likeness (QED) is 0.814. The first kappa shape index (κ1) is 14.7. The molecule has 0 radical (unpaired) electrons. The van der Waals surface area contributed by atoms with Crippen LogP contribution in [0.3, 0.4) is 0 Å². The molecule has 2 rings (SSSR count). The minimum atomic E-state index is -0.714. The van der Waals surface area contributed by atoms with Crippen molar-refractivity contribution in [3.63, 3.8) is 0 Å². The number of hydrogen-bond acceptors (Lipinski definition) is 3. The van der Waals surface area contributed by atoms with Crippen LogP contribution in [0.5, 0.6) is 0 Å². The van der Waals surface area contributed by atoms with Gasteiger partial charge in [0, 0.05) is 12.6 Å². The normalized spacial score (nSPS) is 25.1. The molecule has 5 heteroatoms. The monoisotopic (exact) mass is 285 g/mol. The van der Waals surface area contributed by atoms with Crippen LogP contribution in [0.25, 0.3) is 0 Å². The number of amides is 1. The van der Waals surface area contributed by atoms with Gasteiger partial charge in [-0.1, -0.05) is 0 Å². The van der Waals surface area contributed by atoms with Crippen molar-refractivity contribution in [2.75, 3.05) is 18.1 Å². The van der Waals surface area contributed by atoms with Crippen molar-refractivity contribution in [1.29, 1.82) is 0 Å². The highest BCUT2D eigenvalue weighted by molar-refractivity contribution is 7.99. The largest absolute Gasteiger partial charge is 0.481 e. The Morgan fingerprint density at radius 1 is 1.37 bits per heavy atom. The molecule has 2 fully saturated rings. The highest BCUT2D eigenvalue weighted by Gasteiger charge is 2.44. The SMILES string of the molecule is CC1CCCCN1C(=O)CSCC1(CC(=O)O)CC1. The zero-order chi connectivity index (χ0) is 13.9. The van der Waals surface area contributed by atoms with Crippen LogP contribution in [-0.4, -0.2) is 46.0 Å². The van der Waals surface area contributed by atoms with E-state index in [1.54, 1.807) is 11.8 Å². The maximum Gasteiger partial charge on any atom is 0.303 e. The Hall–Kier alpha value is -0.710. The van der Waals surface area contributed by atoms with Crippen molar-refractivity contribution in [2.45, 2.75) is 51.5 Å². The van der Waals surface area contributed by atoms with Gasteiger partial charge < -0.3 is 10.0 Å². The van der Waals surface area contributed by atoms with Crippen LogP contribution in [0.2, 0.25) is 0 Å². The molecule has 1 N–H and O–H groups in total. The third-order valence-corrected chi connectivity index (χ3v) is 5.51. The highest BCUT2D eigenvalue weighted by Crippen LogP contribution is 2.51. The molecule has 1 heterocycles. The second-order valence-corrected chi connectivity index (χ2v) is 6.98.